The summed E-state index contributed by atoms with van der Waals surface area (Å²) >= 11 is 0. The van der Waals surface area contributed by atoms with Crippen molar-refractivity contribution >= 4 is 23.2 Å². The molecule has 0 radical (unpaired) electrons. The number of anilines is 2. The van der Waals surface area contributed by atoms with E-state index in [2.05, 4.69) is 16.3 Å². The molecule has 2 aliphatic heterocycles. The van der Waals surface area contributed by atoms with Crippen LogP contribution in [0.1, 0.15) is 12.0 Å². The van der Waals surface area contributed by atoms with Gasteiger partial charge in [0.1, 0.15) is 0 Å². The number of aryl methyl sites for hydroxylation is 1. The second-order valence-corrected chi connectivity index (χ2v) is 7.20. The average molecular weight is 395 g/mol. The molecule has 7 nitrogen and oxygen atoms in total. The van der Waals surface area contributed by atoms with Gasteiger partial charge < -0.3 is 24.6 Å². The van der Waals surface area contributed by atoms with Gasteiger partial charge in [0.2, 0.25) is 5.91 Å². The zero-order valence-corrected chi connectivity index (χ0v) is 16.5. The minimum absolute atomic E-state index is 0.00107. The van der Waals surface area contributed by atoms with Crippen LogP contribution in [0, 0.1) is 0 Å². The molecule has 0 atom stereocenters. The van der Waals surface area contributed by atoms with E-state index in [9.17, 15) is 9.59 Å². The number of nitrogens with one attached hydrogen (secondary N) is 1. The van der Waals surface area contributed by atoms with Crippen LogP contribution in [0.2, 0.25) is 0 Å². The van der Waals surface area contributed by atoms with Gasteiger partial charge in [0.25, 0.3) is 5.91 Å². The van der Waals surface area contributed by atoms with Gasteiger partial charge in [-0.2, -0.15) is 0 Å². The molecule has 1 N–H and O–H groups in total. The first-order chi connectivity index (χ1) is 14.1. The normalized spacial score (nSPS) is 16.1. The molecule has 0 saturated carbocycles. The second-order valence-electron chi connectivity index (χ2n) is 7.20. The molecule has 29 heavy (non-hydrogen) atoms. The molecule has 1 fully saturated rings. The van der Waals surface area contributed by atoms with E-state index in [0.717, 1.165) is 30.9 Å². The first-order valence-electron chi connectivity index (χ1n) is 9.85. The molecule has 2 aliphatic rings. The van der Waals surface area contributed by atoms with Crippen LogP contribution in [-0.4, -0.2) is 56.6 Å². The Kier molecular flexibility index (Phi) is 5.55. The van der Waals surface area contributed by atoms with Crippen molar-refractivity contribution in [3.63, 3.8) is 0 Å². The molecule has 2 amide bonds. The molecule has 0 bridgehead atoms. The van der Waals surface area contributed by atoms with Gasteiger partial charge in [-0.1, -0.05) is 12.1 Å². The summed E-state index contributed by atoms with van der Waals surface area (Å²) in [4.78, 5) is 28.2. The van der Waals surface area contributed by atoms with E-state index < -0.39 is 0 Å². The monoisotopic (exact) mass is 395 g/mol. The van der Waals surface area contributed by atoms with E-state index in [1.54, 1.807) is 13.2 Å². The van der Waals surface area contributed by atoms with Crippen LogP contribution in [0.15, 0.2) is 42.5 Å². The predicted molar refractivity (Wildman–Crippen MR) is 111 cm³/mol. The highest BCUT2D eigenvalue weighted by atomic mass is 16.5. The first-order valence-corrected chi connectivity index (χ1v) is 9.85. The van der Waals surface area contributed by atoms with Gasteiger partial charge in [-0.15, -0.1) is 0 Å². The number of nitrogens with zero attached hydrogens (tertiary/aromatic N) is 2. The number of methoxy groups -OCH3 is 1. The number of amides is 2. The smallest absolute Gasteiger partial charge is 0.260 e. The number of carbonyl (C=O) groups excluding carboxylic acids is 2. The molecule has 0 spiro atoms. The SMILES string of the molecule is COc1ccccc1OCC(=O)N1CCN(c2ccc3c(c2)CCC(=O)N3)CC1. The number of piperazine rings is 1. The maximum absolute atomic E-state index is 12.5. The zero-order valence-electron chi connectivity index (χ0n) is 16.5. The van der Waals surface area contributed by atoms with Gasteiger partial charge in [-0.3, -0.25) is 9.59 Å². The Balaban J connectivity index is 1.31. The fourth-order valence-electron chi connectivity index (χ4n) is 3.75. The van der Waals surface area contributed by atoms with Crippen LogP contribution in [0.5, 0.6) is 11.5 Å². The number of para-hydroxylation sites is 2. The number of fused-ring (bicyclic) bond motifs is 1. The van der Waals surface area contributed by atoms with E-state index in [4.69, 9.17) is 9.47 Å². The van der Waals surface area contributed by atoms with Gasteiger partial charge in [-0.05, 0) is 42.3 Å². The van der Waals surface area contributed by atoms with Gasteiger partial charge in [0.05, 0.1) is 7.11 Å². The molecule has 0 aliphatic carbocycles. The standard InChI is InChI=1S/C22H25N3O4/c1-28-19-4-2-3-5-20(19)29-15-22(27)25-12-10-24(11-13-25)17-7-8-18-16(14-17)6-9-21(26)23-18/h2-5,7-8,14H,6,9-13,15H2,1H3,(H,23,26). The Labute approximate surface area is 170 Å². The lowest BCUT2D eigenvalue weighted by molar-refractivity contribution is -0.133. The lowest BCUT2D eigenvalue weighted by atomic mass is 10.0. The van der Waals surface area contributed by atoms with E-state index in [0.29, 0.717) is 31.0 Å². The molecule has 7 heteroatoms. The Morgan fingerprint density at radius 2 is 1.79 bits per heavy atom. The summed E-state index contributed by atoms with van der Waals surface area (Å²) in [5, 5.41) is 2.91. The van der Waals surface area contributed by atoms with Crippen LogP contribution in [-0.2, 0) is 16.0 Å². The lowest BCUT2D eigenvalue weighted by Crippen LogP contribution is -2.50. The van der Waals surface area contributed by atoms with E-state index in [1.807, 2.05) is 35.2 Å². The predicted octanol–water partition coefficient (Wildman–Crippen LogP) is 2.31. The Morgan fingerprint density at radius 3 is 2.55 bits per heavy atom. The summed E-state index contributed by atoms with van der Waals surface area (Å²) in [6.45, 7) is 2.85. The number of rotatable bonds is 5. The van der Waals surface area contributed by atoms with Crippen LogP contribution in [0.4, 0.5) is 11.4 Å². The summed E-state index contributed by atoms with van der Waals surface area (Å²) in [6, 6.07) is 13.5. The summed E-state index contributed by atoms with van der Waals surface area (Å²) in [5.41, 5.74) is 3.22. The highest BCUT2D eigenvalue weighted by molar-refractivity contribution is 5.94. The molecule has 2 aromatic rings. The third-order valence-electron chi connectivity index (χ3n) is 5.40. The van der Waals surface area contributed by atoms with Crippen molar-refractivity contribution in [2.24, 2.45) is 0 Å². The Bertz CT molecular complexity index is 907. The highest BCUT2D eigenvalue weighted by Gasteiger charge is 2.23. The minimum Gasteiger partial charge on any atom is -0.493 e. The molecular formula is C22H25N3O4. The maximum Gasteiger partial charge on any atom is 0.260 e. The van der Waals surface area contributed by atoms with Crippen molar-refractivity contribution in [3.8, 4) is 11.5 Å². The zero-order chi connectivity index (χ0) is 20.2. The van der Waals surface area contributed by atoms with Gasteiger partial charge in [0.15, 0.2) is 18.1 Å². The molecule has 1 saturated heterocycles. The fraction of sp³-hybridized carbons (Fsp3) is 0.364. The molecule has 0 aromatic heterocycles. The number of carbonyl (C=O) groups is 2. The van der Waals surface area contributed by atoms with E-state index >= 15 is 0 Å². The number of hydrogen-bond donors (Lipinski definition) is 1. The second kappa shape index (κ2) is 8.43. The number of ether oxygens (including phenoxy) is 2. The minimum atomic E-state index is -0.0243. The fourth-order valence-corrected chi connectivity index (χ4v) is 3.75. The third kappa shape index (κ3) is 4.29. The molecule has 4 rings (SSSR count). The molecule has 0 unspecified atom stereocenters. The van der Waals surface area contributed by atoms with Crippen molar-refractivity contribution in [1.29, 1.82) is 0 Å². The summed E-state index contributed by atoms with van der Waals surface area (Å²) in [6.07, 6.45) is 1.30. The van der Waals surface area contributed by atoms with Crippen LogP contribution < -0.4 is 19.7 Å². The molecule has 152 valence electrons. The van der Waals surface area contributed by atoms with Crippen molar-refractivity contribution in [2.45, 2.75) is 12.8 Å². The summed E-state index contributed by atoms with van der Waals surface area (Å²) < 4.78 is 10.9. The molecular weight excluding hydrogens is 370 g/mol. The van der Waals surface area contributed by atoms with Crippen molar-refractivity contribution in [3.05, 3.63) is 48.0 Å². The third-order valence-corrected chi connectivity index (χ3v) is 5.40. The topological polar surface area (TPSA) is 71.1 Å². The van der Waals surface area contributed by atoms with Gasteiger partial charge in [0, 0.05) is 44.0 Å². The van der Waals surface area contributed by atoms with E-state index in [1.165, 1.54) is 5.56 Å². The average Bonchev–Trinajstić information content (AvgIpc) is 2.77. The van der Waals surface area contributed by atoms with E-state index in [-0.39, 0.29) is 18.4 Å². The number of benzene rings is 2. The summed E-state index contributed by atoms with van der Waals surface area (Å²) in [5.74, 6) is 1.24. The summed E-state index contributed by atoms with van der Waals surface area (Å²) in [7, 11) is 1.58. The highest BCUT2D eigenvalue weighted by Crippen LogP contribution is 2.28. The van der Waals surface area contributed by atoms with Crippen LogP contribution in [0.3, 0.4) is 0 Å². The largest absolute Gasteiger partial charge is 0.493 e. The lowest BCUT2D eigenvalue weighted by Gasteiger charge is -2.36. The van der Waals surface area contributed by atoms with Crippen LogP contribution >= 0.6 is 0 Å². The van der Waals surface area contributed by atoms with Gasteiger partial charge in [-0.25, -0.2) is 0 Å². The van der Waals surface area contributed by atoms with Crippen molar-refractivity contribution in [2.75, 3.05) is 50.1 Å². The molecule has 2 heterocycles. The molecule has 2 aromatic carbocycles. The maximum atomic E-state index is 12.5. The Hall–Kier alpha value is -3.22. The Morgan fingerprint density at radius 1 is 1.03 bits per heavy atom. The van der Waals surface area contributed by atoms with Gasteiger partial charge >= 0.3 is 0 Å². The number of hydrogen-bond acceptors (Lipinski definition) is 5. The van der Waals surface area contributed by atoms with Crippen LogP contribution in [0.25, 0.3) is 0 Å². The quantitative estimate of drug-likeness (QED) is 0.841. The first kappa shape index (κ1) is 19.1. The van der Waals surface area contributed by atoms with Crippen molar-refractivity contribution in [1.82, 2.24) is 4.90 Å². The van der Waals surface area contributed by atoms with Crippen molar-refractivity contribution < 1.29 is 19.1 Å².